The molecule has 0 aromatic rings. The van der Waals surface area contributed by atoms with Crippen molar-refractivity contribution in [1.82, 2.24) is 0 Å². The fourth-order valence-electron chi connectivity index (χ4n) is 5.66. The molecular formula is C24H40O5. The summed E-state index contributed by atoms with van der Waals surface area (Å²) in [5.41, 5.74) is 1.46. The predicted octanol–water partition coefficient (Wildman–Crippen LogP) is 5.82. The zero-order valence-corrected chi connectivity index (χ0v) is 19.2. The highest BCUT2D eigenvalue weighted by Crippen LogP contribution is 2.67. The van der Waals surface area contributed by atoms with Crippen LogP contribution in [0.4, 0.5) is 0 Å². The molecule has 0 amide bonds. The molecule has 3 fully saturated rings. The lowest BCUT2D eigenvalue weighted by molar-refractivity contribution is -0.411. The fourth-order valence-corrected chi connectivity index (χ4v) is 5.66. The van der Waals surface area contributed by atoms with Crippen molar-refractivity contribution < 1.29 is 24.4 Å². The summed E-state index contributed by atoms with van der Waals surface area (Å²) in [6.45, 7) is 13.0. The van der Waals surface area contributed by atoms with Gasteiger partial charge in [-0.25, -0.2) is 9.78 Å². The number of carboxylic acids is 1. The van der Waals surface area contributed by atoms with Gasteiger partial charge in [-0.15, -0.1) is 0 Å². The molecule has 3 aliphatic rings. The van der Waals surface area contributed by atoms with Crippen LogP contribution in [0.1, 0.15) is 99.3 Å². The molecule has 1 saturated carbocycles. The van der Waals surface area contributed by atoms with E-state index in [1.807, 2.05) is 0 Å². The minimum Gasteiger partial charge on any atom is -0.481 e. The second-order valence-electron chi connectivity index (χ2n) is 10.8. The Morgan fingerprint density at radius 2 is 1.90 bits per heavy atom. The lowest BCUT2D eigenvalue weighted by atomic mass is 9.62. The largest absolute Gasteiger partial charge is 0.481 e. The second-order valence-corrected chi connectivity index (χ2v) is 10.8. The van der Waals surface area contributed by atoms with Gasteiger partial charge in [-0.05, 0) is 90.9 Å². The molecule has 0 aromatic heterocycles. The monoisotopic (exact) mass is 408 g/mol. The highest BCUT2D eigenvalue weighted by Gasteiger charge is 2.73. The van der Waals surface area contributed by atoms with E-state index < -0.39 is 11.9 Å². The summed E-state index contributed by atoms with van der Waals surface area (Å²) in [5, 5.41) is 9.13. The number of hydrogen-bond donors (Lipinski definition) is 1. The summed E-state index contributed by atoms with van der Waals surface area (Å²) in [4.78, 5) is 22.2. The van der Waals surface area contributed by atoms with Crippen LogP contribution in [-0.4, -0.2) is 34.0 Å². The molecule has 1 aliphatic carbocycles. The summed E-state index contributed by atoms with van der Waals surface area (Å²) < 4.78 is 6.37. The van der Waals surface area contributed by atoms with Crippen LogP contribution in [0.15, 0.2) is 11.6 Å². The molecule has 5 atom stereocenters. The van der Waals surface area contributed by atoms with Gasteiger partial charge in [0.05, 0.1) is 11.5 Å². The van der Waals surface area contributed by atoms with E-state index in [4.69, 9.17) is 19.6 Å². The lowest BCUT2D eigenvalue weighted by Gasteiger charge is -2.38. The molecule has 0 bridgehead atoms. The Kier molecular flexibility index (Phi) is 6.26. The van der Waals surface area contributed by atoms with Crippen molar-refractivity contribution in [2.24, 2.45) is 11.3 Å². The molecule has 5 nitrogen and oxygen atoms in total. The van der Waals surface area contributed by atoms with Crippen LogP contribution in [0.5, 0.6) is 0 Å². The minimum atomic E-state index is -0.836. The number of allylic oxidation sites excluding steroid dienone is 2. The summed E-state index contributed by atoms with van der Waals surface area (Å²) in [5.74, 6) is -1.38. The molecule has 2 saturated heterocycles. The van der Waals surface area contributed by atoms with Crippen molar-refractivity contribution >= 4 is 5.97 Å². The van der Waals surface area contributed by atoms with Crippen LogP contribution in [0.3, 0.4) is 0 Å². The summed E-state index contributed by atoms with van der Waals surface area (Å²) in [6.07, 6.45) is 11.2. The Labute approximate surface area is 176 Å². The Balaban J connectivity index is 1.45. The molecule has 29 heavy (non-hydrogen) atoms. The van der Waals surface area contributed by atoms with Gasteiger partial charge >= 0.3 is 5.97 Å². The molecule has 2 aliphatic heterocycles. The van der Waals surface area contributed by atoms with Gasteiger partial charge in [0.1, 0.15) is 17.3 Å². The van der Waals surface area contributed by atoms with Gasteiger partial charge in [-0.1, -0.05) is 25.5 Å². The Morgan fingerprint density at radius 1 is 1.17 bits per heavy atom. The summed E-state index contributed by atoms with van der Waals surface area (Å²) in [7, 11) is 0. The van der Waals surface area contributed by atoms with Crippen LogP contribution in [0, 0.1) is 11.3 Å². The molecule has 0 spiro atoms. The highest BCUT2D eigenvalue weighted by atomic mass is 17.2. The molecule has 3 rings (SSSR count). The molecule has 2 heterocycles. The number of epoxide rings is 1. The molecule has 2 unspecified atom stereocenters. The van der Waals surface area contributed by atoms with E-state index in [0.717, 1.165) is 38.5 Å². The average molecular weight is 409 g/mol. The van der Waals surface area contributed by atoms with Crippen molar-refractivity contribution in [2.75, 3.05) is 0 Å². The fraction of sp³-hybridized carbons (Fsp3) is 0.875. The number of carboxylic acid groups (broad SMARTS) is 1. The normalized spacial score (nSPS) is 40.2. The third-order valence-electron chi connectivity index (χ3n) is 8.08. The molecule has 166 valence electrons. The van der Waals surface area contributed by atoms with E-state index in [0.29, 0.717) is 0 Å². The zero-order valence-electron chi connectivity index (χ0n) is 19.2. The van der Waals surface area contributed by atoms with Crippen LogP contribution >= 0.6 is 0 Å². The maximum atomic E-state index is 11.1. The van der Waals surface area contributed by atoms with Gasteiger partial charge in [-0.3, -0.25) is 4.79 Å². The Hall–Kier alpha value is -0.910. The van der Waals surface area contributed by atoms with Crippen molar-refractivity contribution in [3.05, 3.63) is 11.6 Å². The van der Waals surface area contributed by atoms with Gasteiger partial charge < -0.3 is 9.84 Å². The van der Waals surface area contributed by atoms with Gasteiger partial charge in [0.15, 0.2) is 0 Å². The number of rotatable bonds is 8. The first-order chi connectivity index (χ1) is 13.4. The molecule has 0 aromatic carbocycles. The van der Waals surface area contributed by atoms with E-state index in [1.165, 1.54) is 24.8 Å². The topological polar surface area (TPSA) is 68.3 Å². The van der Waals surface area contributed by atoms with Crippen molar-refractivity contribution in [3.8, 4) is 0 Å². The quantitative estimate of drug-likeness (QED) is 0.311. The Morgan fingerprint density at radius 3 is 2.48 bits per heavy atom. The SMILES string of the molecule is CC(=CCC[C@]1(C)CC[C@@H]([C@@H](C)C(=O)O)OO1)CCC12OC1(C)CCCC2(C)C. The lowest BCUT2D eigenvalue weighted by Crippen LogP contribution is -2.42. The third-order valence-corrected chi connectivity index (χ3v) is 8.08. The van der Waals surface area contributed by atoms with E-state index in [2.05, 4.69) is 40.7 Å². The molecule has 5 heteroatoms. The van der Waals surface area contributed by atoms with E-state index >= 15 is 0 Å². The van der Waals surface area contributed by atoms with Gasteiger partial charge in [-0.2, -0.15) is 0 Å². The predicted molar refractivity (Wildman–Crippen MR) is 112 cm³/mol. The highest BCUT2D eigenvalue weighted by molar-refractivity contribution is 5.70. The van der Waals surface area contributed by atoms with E-state index in [9.17, 15) is 4.79 Å². The number of hydrogen-bond acceptors (Lipinski definition) is 4. The van der Waals surface area contributed by atoms with Crippen LogP contribution in [-0.2, 0) is 19.3 Å². The number of aliphatic carboxylic acids is 1. The van der Waals surface area contributed by atoms with Crippen LogP contribution < -0.4 is 0 Å². The van der Waals surface area contributed by atoms with Crippen molar-refractivity contribution in [2.45, 2.75) is 122 Å². The van der Waals surface area contributed by atoms with Crippen molar-refractivity contribution in [3.63, 3.8) is 0 Å². The zero-order chi connectivity index (χ0) is 21.5. The number of carbonyl (C=O) groups is 1. The Bertz CT molecular complexity index is 646. The summed E-state index contributed by atoms with van der Waals surface area (Å²) in [6, 6.07) is 0. The maximum absolute atomic E-state index is 11.1. The number of fused-ring (bicyclic) bond motifs is 1. The third kappa shape index (κ3) is 4.42. The molecule has 1 N–H and O–H groups in total. The summed E-state index contributed by atoms with van der Waals surface area (Å²) >= 11 is 0. The average Bonchev–Trinajstić information content (AvgIpc) is 3.27. The van der Waals surface area contributed by atoms with Gasteiger partial charge in [0.2, 0.25) is 0 Å². The van der Waals surface area contributed by atoms with Crippen molar-refractivity contribution in [1.29, 1.82) is 0 Å². The smallest absolute Gasteiger partial charge is 0.308 e. The second kappa shape index (κ2) is 7.97. The van der Waals surface area contributed by atoms with E-state index in [-0.39, 0.29) is 28.3 Å². The van der Waals surface area contributed by atoms with Crippen LogP contribution in [0.25, 0.3) is 0 Å². The van der Waals surface area contributed by atoms with Gasteiger partial charge in [0.25, 0.3) is 0 Å². The maximum Gasteiger partial charge on any atom is 0.308 e. The first-order valence-electron chi connectivity index (χ1n) is 11.4. The van der Waals surface area contributed by atoms with Gasteiger partial charge in [0, 0.05) is 0 Å². The molecule has 0 radical (unpaired) electrons. The molecular weight excluding hydrogens is 368 g/mol. The number of ether oxygens (including phenoxy) is 1. The first kappa shape index (κ1) is 22.8. The standard InChI is InChI=1S/C24H40O5/c1-17(10-16-24-21(3,4)12-8-14-23(24,6)28-24)9-7-13-22(5)15-11-19(27-29-22)18(2)20(25)26/h9,18-19H,7-8,10-16H2,1-6H3,(H,25,26)/t18-,19+,22-,23?,24?/m1/s1. The van der Waals surface area contributed by atoms with E-state index in [1.54, 1.807) is 6.92 Å². The first-order valence-corrected chi connectivity index (χ1v) is 11.4. The van der Waals surface area contributed by atoms with Crippen LogP contribution in [0.2, 0.25) is 0 Å². The minimum absolute atomic E-state index is 0.0511.